The topological polar surface area (TPSA) is 32.7 Å². The number of hydrogen-bond acceptors (Lipinski definition) is 3. The van der Waals surface area contributed by atoms with E-state index in [1.165, 1.54) is 0 Å². The lowest BCUT2D eigenvalue weighted by Gasteiger charge is -2.20. The van der Waals surface area contributed by atoms with Crippen LogP contribution in [-0.4, -0.2) is 36.2 Å². The minimum absolute atomic E-state index is 0.530. The van der Waals surface area contributed by atoms with Crippen LogP contribution >= 0.6 is 0 Å². The van der Waals surface area contributed by atoms with Crippen LogP contribution in [0.3, 0.4) is 0 Å². The van der Waals surface area contributed by atoms with E-state index in [4.69, 9.17) is 4.74 Å². The molecule has 0 unspecified atom stereocenters. The zero-order valence-corrected chi connectivity index (χ0v) is 13.2. The van der Waals surface area contributed by atoms with Gasteiger partial charge < -0.3 is 14.7 Å². The van der Waals surface area contributed by atoms with Crippen LogP contribution in [0, 0.1) is 0 Å². The number of fused-ring (bicyclic) bond motifs is 1. The smallest absolute Gasteiger partial charge is 0.132 e. The third kappa shape index (κ3) is 3.74. The summed E-state index contributed by atoms with van der Waals surface area (Å²) in [6, 6.07) is 12.1. The fourth-order valence-electron chi connectivity index (χ4n) is 2.57. The van der Waals surface area contributed by atoms with Gasteiger partial charge in [0.1, 0.15) is 12.4 Å². The molecule has 114 valence electrons. The zero-order valence-electron chi connectivity index (χ0n) is 13.2. The van der Waals surface area contributed by atoms with Crippen molar-refractivity contribution < 1.29 is 9.84 Å². The van der Waals surface area contributed by atoms with Crippen LogP contribution in [0.1, 0.15) is 32.4 Å². The second-order valence-corrected chi connectivity index (χ2v) is 5.26. The monoisotopic (exact) mass is 287 g/mol. The molecule has 0 aliphatic rings. The van der Waals surface area contributed by atoms with Crippen LogP contribution in [0.15, 0.2) is 36.4 Å². The van der Waals surface area contributed by atoms with Crippen molar-refractivity contribution >= 4 is 10.8 Å². The highest BCUT2D eigenvalue weighted by molar-refractivity contribution is 5.89. The van der Waals surface area contributed by atoms with Gasteiger partial charge in [0, 0.05) is 17.5 Å². The Balaban J connectivity index is 2.25. The van der Waals surface area contributed by atoms with E-state index in [1.54, 1.807) is 6.92 Å². The Morgan fingerprint density at radius 3 is 2.48 bits per heavy atom. The molecule has 0 spiro atoms. The van der Waals surface area contributed by atoms with Gasteiger partial charge in [-0.1, -0.05) is 50.2 Å². The van der Waals surface area contributed by atoms with E-state index < -0.39 is 6.10 Å². The normalized spacial score (nSPS) is 12.8. The van der Waals surface area contributed by atoms with Crippen LogP contribution in [0.4, 0.5) is 0 Å². The second kappa shape index (κ2) is 7.43. The summed E-state index contributed by atoms with van der Waals surface area (Å²) < 4.78 is 6.04. The Hall–Kier alpha value is -1.58. The molecule has 3 nitrogen and oxygen atoms in total. The first kappa shape index (κ1) is 15.8. The van der Waals surface area contributed by atoms with Gasteiger partial charge in [-0.2, -0.15) is 0 Å². The Morgan fingerprint density at radius 1 is 1.10 bits per heavy atom. The second-order valence-electron chi connectivity index (χ2n) is 5.26. The van der Waals surface area contributed by atoms with E-state index in [2.05, 4.69) is 24.8 Å². The van der Waals surface area contributed by atoms with Gasteiger partial charge in [-0.25, -0.2) is 0 Å². The van der Waals surface area contributed by atoms with Gasteiger partial charge in [0.15, 0.2) is 0 Å². The number of aliphatic hydroxyl groups is 1. The van der Waals surface area contributed by atoms with Crippen molar-refractivity contribution in [2.75, 3.05) is 26.2 Å². The predicted octanol–water partition coefficient (Wildman–Crippen LogP) is 3.61. The van der Waals surface area contributed by atoms with Crippen LogP contribution in [0.2, 0.25) is 0 Å². The molecule has 2 rings (SSSR count). The molecule has 0 aliphatic carbocycles. The van der Waals surface area contributed by atoms with Crippen molar-refractivity contribution in [2.45, 2.75) is 26.9 Å². The molecular weight excluding hydrogens is 262 g/mol. The molecule has 0 saturated heterocycles. The van der Waals surface area contributed by atoms with Gasteiger partial charge in [-0.3, -0.25) is 0 Å². The lowest BCUT2D eigenvalue weighted by atomic mass is 10.0. The molecule has 2 aromatic carbocycles. The third-order valence-corrected chi connectivity index (χ3v) is 3.91. The zero-order chi connectivity index (χ0) is 15.2. The maximum Gasteiger partial charge on any atom is 0.132 e. The van der Waals surface area contributed by atoms with Crippen molar-refractivity contribution in [1.29, 1.82) is 0 Å². The molecule has 0 aliphatic heterocycles. The minimum atomic E-state index is -0.530. The molecular formula is C18H25NO2. The summed E-state index contributed by atoms with van der Waals surface area (Å²) in [6.45, 7) is 9.68. The average molecular weight is 287 g/mol. The summed E-state index contributed by atoms with van der Waals surface area (Å²) in [7, 11) is 0. The number of benzene rings is 2. The minimum Gasteiger partial charge on any atom is -0.491 e. The molecule has 0 fully saturated rings. The lowest BCUT2D eigenvalue weighted by molar-refractivity contribution is 0.185. The highest BCUT2D eigenvalue weighted by atomic mass is 16.5. The molecule has 21 heavy (non-hydrogen) atoms. The Morgan fingerprint density at radius 2 is 1.81 bits per heavy atom. The number of nitrogens with zero attached hydrogens (tertiary/aromatic N) is 1. The van der Waals surface area contributed by atoms with Crippen molar-refractivity contribution in [2.24, 2.45) is 0 Å². The number of aliphatic hydroxyl groups excluding tert-OH is 1. The fraction of sp³-hybridized carbons (Fsp3) is 0.444. The number of likely N-dealkylation sites (N-methyl/N-ethyl adjacent to an activating group) is 1. The first-order chi connectivity index (χ1) is 10.2. The number of rotatable bonds is 7. The molecule has 0 radical (unpaired) electrons. The van der Waals surface area contributed by atoms with Gasteiger partial charge in [0.05, 0.1) is 6.10 Å². The summed E-state index contributed by atoms with van der Waals surface area (Å²) in [5.41, 5.74) is 0.855. The summed E-state index contributed by atoms with van der Waals surface area (Å²) in [6.07, 6.45) is -0.530. The Labute approximate surface area is 127 Å². The van der Waals surface area contributed by atoms with Gasteiger partial charge in [0.25, 0.3) is 0 Å². The van der Waals surface area contributed by atoms with Gasteiger partial charge in [-0.05, 0) is 25.4 Å². The summed E-state index contributed by atoms with van der Waals surface area (Å²) >= 11 is 0. The molecule has 0 aromatic heterocycles. The molecule has 0 bridgehead atoms. The highest BCUT2D eigenvalue weighted by Gasteiger charge is 2.13. The number of hydrogen-bond donors (Lipinski definition) is 1. The Bertz CT molecular complexity index is 576. The van der Waals surface area contributed by atoms with E-state index in [0.717, 1.165) is 41.7 Å². The van der Waals surface area contributed by atoms with E-state index in [9.17, 15) is 5.11 Å². The van der Waals surface area contributed by atoms with Crippen LogP contribution < -0.4 is 4.74 Å². The molecule has 0 saturated carbocycles. The molecule has 2 aromatic rings. The molecule has 1 atom stereocenters. The molecule has 0 amide bonds. The summed E-state index contributed by atoms with van der Waals surface area (Å²) in [4.78, 5) is 2.33. The van der Waals surface area contributed by atoms with Crippen LogP contribution in [0.25, 0.3) is 10.8 Å². The van der Waals surface area contributed by atoms with E-state index in [1.807, 2.05) is 30.3 Å². The van der Waals surface area contributed by atoms with Crippen LogP contribution in [0.5, 0.6) is 5.75 Å². The highest BCUT2D eigenvalue weighted by Crippen LogP contribution is 2.33. The fourth-order valence-corrected chi connectivity index (χ4v) is 2.57. The van der Waals surface area contributed by atoms with E-state index >= 15 is 0 Å². The summed E-state index contributed by atoms with van der Waals surface area (Å²) in [5, 5.41) is 12.2. The lowest BCUT2D eigenvalue weighted by Crippen LogP contribution is -2.28. The van der Waals surface area contributed by atoms with Crippen molar-refractivity contribution in [3.8, 4) is 5.75 Å². The SMILES string of the molecule is CCN(CC)CCOc1c([C@H](C)O)ccc2ccccc12. The largest absolute Gasteiger partial charge is 0.491 e. The van der Waals surface area contributed by atoms with E-state index in [0.29, 0.717) is 6.61 Å². The molecule has 1 N–H and O–H groups in total. The van der Waals surface area contributed by atoms with Gasteiger partial charge in [0.2, 0.25) is 0 Å². The molecule has 3 heteroatoms. The van der Waals surface area contributed by atoms with Gasteiger partial charge >= 0.3 is 0 Å². The van der Waals surface area contributed by atoms with Crippen molar-refractivity contribution in [3.63, 3.8) is 0 Å². The van der Waals surface area contributed by atoms with Gasteiger partial charge in [-0.15, -0.1) is 0 Å². The molecule has 0 heterocycles. The average Bonchev–Trinajstić information content (AvgIpc) is 2.51. The maximum absolute atomic E-state index is 9.97. The third-order valence-electron chi connectivity index (χ3n) is 3.91. The van der Waals surface area contributed by atoms with Crippen molar-refractivity contribution in [3.05, 3.63) is 42.0 Å². The number of ether oxygens (including phenoxy) is 1. The standard InChI is InChI=1S/C18H25NO2/c1-4-19(5-2)12-13-21-18-16(14(3)20)11-10-15-8-6-7-9-17(15)18/h6-11,14,20H,4-5,12-13H2,1-3H3/t14-/m0/s1. The quantitative estimate of drug-likeness (QED) is 0.844. The van der Waals surface area contributed by atoms with Crippen molar-refractivity contribution in [1.82, 2.24) is 4.90 Å². The first-order valence-corrected chi connectivity index (χ1v) is 7.72. The Kier molecular flexibility index (Phi) is 5.59. The van der Waals surface area contributed by atoms with Crippen LogP contribution in [-0.2, 0) is 0 Å². The van der Waals surface area contributed by atoms with E-state index in [-0.39, 0.29) is 0 Å². The maximum atomic E-state index is 9.97. The predicted molar refractivity (Wildman–Crippen MR) is 87.9 cm³/mol. The summed E-state index contributed by atoms with van der Waals surface area (Å²) in [5.74, 6) is 0.815. The first-order valence-electron chi connectivity index (χ1n) is 7.72.